The van der Waals surface area contributed by atoms with E-state index in [-0.39, 0.29) is 42.7 Å². The molecule has 3 aliphatic rings. The fraction of sp³-hybridized carbons (Fsp3) is 0.792. The molecule has 4 N–H and O–H groups in total. The van der Waals surface area contributed by atoms with Crippen molar-refractivity contribution < 1.29 is 19.8 Å². The molecule has 7 unspecified atom stereocenters. The van der Waals surface area contributed by atoms with Gasteiger partial charge in [0.2, 0.25) is 11.8 Å². The standard InChI is InChI=1S/C48H83N2O4P/c1-3-5-7-9-11-13-15-20-24-28-40(51)35-47(53)49-45-34-39(30-32-43(45)38-26-22-18-17-19-23-27-38)44-33-31-42(55)37-46(44)50-48(54)36-41(52)29-25-21-16-14-12-10-8-6-4-2/h17-19,22-23,26-27,39-46,51-52H,3-16,20-21,24-25,28-37,55H2,1-2H3,(H,49,53)(H,50,54)/b18-17-,19-17?,22-18?,23-19-,26-22-,27-23?,38-26?,38-27+/t39?,40-,41-,42?,43?,44?,45?,46?/m0/s1. The summed E-state index contributed by atoms with van der Waals surface area (Å²) in [5.41, 5.74) is 1.71. The Kier molecular flexibility index (Phi) is 25.5. The lowest BCUT2D eigenvalue weighted by Gasteiger charge is -2.45. The number of allylic oxidation sites excluding steroid dienone is 7. The summed E-state index contributed by atoms with van der Waals surface area (Å²) < 4.78 is 0. The fourth-order valence-corrected chi connectivity index (χ4v) is 9.97. The highest BCUT2D eigenvalue weighted by Gasteiger charge is 2.41. The van der Waals surface area contributed by atoms with E-state index in [1.54, 1.807) is 0 Å². The lowest BCUT2D eigenvalue weighted by atomic mass is 9.66. The summed E-state index contributed by atoms with van der Waals surface area (Å²) in [7, 11) is 2.99. The van der Waals surface area contributed by atoms with Gasteiger partial charge in [-0.1, -0.05) is 172 Å². The van der Waals surface area contributed by atoms with Gasteiger partial charge in [0.05, 0.1) is 25.0 Å². The number of unbranched alkanes of at least 4 members (excludes halogenated alkanes) is 16. The average molecular weight is 783 g/mol. The lowest BCUT2D eigenvalue weighted by molar-refractivity contribution is -0.125. The van der Waals surface area contributed by atoms with Gasteiger partial charge in [-0.25, -0.2) is 0 Å². The molecule has 3 aliphatic carbocycles. The van der Waals surface area contributed by atoms with Gasteiger partial charge >= 0.3 is 0 Å². The van der Waals surface area contributed by atoms with Crippen LogP contribution in [0.5, 0.6) is 0 Å². The van der Waals surface area contributed by atoms with Gasteiger partial charge in [-0.2, -0.15) is 0 Å². The Balaban J connectivity index is 1.52. The van der Waals surface area contributed by atoms with Gasteiger partial charge in [0.1, 0.15) is 0 Å². The van der Waals surface area contributed by atoms with Crippen LogP contribution in [0.25, 0.3) is 0 Å². The molecule has 314 valence electrons. The molecule has 0 aromatic rings. The third-order valence-corrected chi connectivity index (χ3v) is 13.3. The number of aliphatic hydroxyl groups excluding tert-OH is 2. The van der Waals surface area contributed by atoms with Crippen LogP contribution in [0.3, 0.4) is 0 Å². The van der Waals surface area contributed by atoms with Crippen molar-refractivity contribution in [2.75, 3.05) is 0 Å². The van der Waals surface area contributed by atoms with E-state index in [0.29, 0.717) is 30.3 Å². The lowest BCUT2D eigenvalue weighted by Crippen LogP contribution is -2.51. The minimum atomic E-state index is -0.608. The maximum absolute atomic E-state index is 13.5. The van der Waals surface area contributed by atoms with E-state index < -0.39 is 12.2 Å². The Morgan fingerprint density at radius 2 is 1.11 bits per heavy atom. The number of carbonyl (C=O) groups is 2. The number of aliphatic hydroxyl groups is 2. The highest BCUT2D eigenvalue weighted by Crippen LogP contribution is 2.43. The van der Waals surface area contributed by atoms with E-state index in [2.05, 4.69) is 58.0 Å². The largest absolute Gasteiger partial charge is 0.393 e. The van der Waals surface area contributed by atoms with Gasteiger partial charge in [-0.15, -0.1) is 9.24 Å². The minimum absolute atomic E-state index is 0.0258. The number of carbonyl (C=O) groups excluding carboxylic acids is 2. The monoisotopic (exact) mass is 783 g/mol. The van der Waals surface area contributed by atoms with Crippen molar-refractivity contribution in [2.45, 2.75) is 224 Å². The molecular weight excluding hydrogens is 700 g/mol. The Bertz CT molecular complexity index is 1170. The summed E-state index contributed by atoms with van der Waals surface area (Å²) in [5, 5.41) is 28.4. The highest BCUT2D eigenvalue weighted by molar-refractivity contribution is 7.17. The Labute approximate surface area is 339 Å². The molecule has 0 radical (unpaired) electrons. The maximum Gasteiger partial charge on any atom is 0.222 e. The van der Waals surface area contributed by atoms with Gasteiger partial charge in [0.25, 0.3) is 0 Å². The molecule has 6 nitrogen and oxygen atoms in total. The first-order chi connectivity index (χ1) is 26.8. The van der Waals surface area contributed by atoms with Gasteiger partial charge in [-0.05, 0) is 74.4 Å². The van der Waals surface area contributed by atoms with Crippen molar-refractivity contribution in [1.82, 2.24) is 10.6 Å². The first-order valence-corrected chi connectivity index (χ1v) is 23.9. The van der Waals surface area contributed by atoms with Gasteiger partial charge < -0.3 is 20.8 Å². The maximum atomic E-state index is 13.5. The summed E-state index contributed by atoms with van der Waals surface area (Å²) in [6.45, 7) is 4.50. The Hall–Kier alpha value is -1.75. The van der Waals surface area contributed by atoms with Crippen LogP contribution in [0.1, 0.15) is 194 Å². The van der Waals surface area contributed by atoms with E-state index in [0.717, 1.165) is 64.2 Å². The predicted molar refractivity (Wildman–Crippen MR) is 236 cm³/mol. The molecule has 2 saturated carbocycles. The summed E-state index contributed by atoms with van der Waals surface area (Å²) in [6, 6.07) is 0.0513. The molecule has 9 atom stereocenters. The molecule has 0 heterocycles. The Morgan fingerprint density at radius 3 is 1.67 bits per heavy atom. The van der Waals surface area contributed by atoms with E-state index in [1.807, 2.05) is 18.2 Å². The zero-order valence-electron chi connectivity index (χ0n) is 35.2. The second-order valence-corrected chi connectivity index (χ2v) is 18.5. The van der Waals surface area contributed by atoms with Crippen LogP contribution in [0.4, 0.5) is 0 Å². The van der Waals surface area contributed by atoms with Gasteiger partial charge in [-0.3, -0.25) is 9.59 Å². The second-order valence-electron chi connectivity index (χ2n) is 17.5. The van der Waals surface area contributed by atoms with Crippen LogP contribution in [0, 0.1) is 17.8 Å². The second kappa shape index (κ2) is 29.5. The molecule has 55 heavy (non-hydrogen) atoms. The van der Waals surface area contributed by atoms with Gasteiger partial charge in [0.15, 0.2) is 0 Å². The smallest absolute Gasteiger partial charge is 0.222 e. The zero-order valence-corrected chi connectivity index (χ0v) is 36.4. The van der Waals surface area contributed by atoms with E-state index in [4.69, 9.17) is 0 Å². The third kappa shape index (κ3) is 20.5. The SMILES string of the molecule is CCCCCCCCCCC[C@H](O)CC(=O)NC1CC(C2CCC(P)CC2NC(=O)C[C@@H](O)CCCCCCCCCCC)CCC1C1=C/C=C\C=C/C=C\1. The minimum Gasteiger partial charge on any atom is -0.393 e. The predicted octanol–water partition coefficient (Wildman–Crippen LogP) is 11.4. The van der Waals surface area contributed by atoms with E-state index >= 15 is 0 Å². The van der Waals surface area contributed by atoms with Crippen molar-refractivity contribution in [1.29, 1.82) is 0 Å². The van der Waals surface area contributed by atoms with Crippen LogP contribution in [-0.2, 0) is 9.59 Å². The number of nitrogens with one attached hydrogen (secondary N) is 2. The highest BCUT2D eigenvalue weighted by atomic mass is 31.0. The number of amides is 2. The zero-order chi connectivity index (χ0) is 39.5. The van der Waals surface area contributed by atoms with E-state index in [9.17, 15) is 19.8 Å². The number of hydrogen-bond donors (Lipinski definition) is 4. The molecule has 0 aromatic carbocycles. The molecule has 2 amide bonds. The number of hydrogen-bond acceptors (Lipinski definition) is 4. The molecule has 0 bridgehead atoms. The average Bonchev–Trinajstić information content (AvgIpc) is 3.13. The summed E-state index contributed by atoms with van der Waals surface area (Å²) in [5.74, 6) is 0.852. The Morgan fingerprint density at radius 1 is 0.618 bits per heavy atom. The first-order valence-electron chi connectivity index (χ1n) is 23.2. The van der Waals surface area contributed by atoms with Crippen LogP contribution < -0.4 is 10.6 Å². The molecule has 2 fully saturated rings. The van der Waals surface area contributed by atoms with Crippen LogP contribution in [0.2, 0.25) is 0 Å². The number of rotatable bonds is 28. The van der Waals surface area contributed by atoms with Crippen molar-refractivity contribution in [3.63, 3.8) is 0 Å². The summed E-state index contributed by atoms with van der Waals surface area (Å²) in [4.78, 5) is 26.9. The summed E-state index contributed by atoms with van der Waals surface area (Å²) >= 11 is 0. The molecule has 0 spiro atoms. The normalized spacial score (nSPS) is 27.8. The van der Waals surface area contributed by atoms with Crippen molar-refractivity contribution >= 4 is 21.1 Å². The van der Waals surface area contributed by atoms with E-state index in [1.165, 1.54) is 95.5 Å². The van der Waals surface area contributed by atoms with Crippen molar-refractivity contribution in [3.8, 4) is 0 Å². The van der Waals surface area contributed by atoms with Crippen LogP contribution in [0.15, 0.2) is 48.1 Å². The van der Waals surface area contributed by atoms with Crippen molar-refractivity contribution in [2.24, 2.45) is 17.8 Å². The molecule has 0 aromatic heterocycles. The first kappa shape index (κ1) is 47.6. The van der Waals surface area contributed by atoms with Crippen LogP contribution in [-0.4, -0.2) is 52.0 Å². The van der Waals surface area contributed by atoms with Crippen molar-refractivity contribution in [3.05, 3.63) is 48.1 Å². The molecule has 0 aliphatic heterocycles. The molecule has 3 rings (SSSR count). The third-order valence-electron chi connectivity index (χ3n) is 12.7. The fourth-order valence-electron chi connectivity index (χ4n) is 9.48. The molecule has 7 heteroatoms. The topological polar surface area (TPSA) is 98.7 Å². The molecule has 0 saturated heterocycles. The van der Waals surface area contributed by atoms with Crippen LogP contribution >= 0.6 is 9.24 Å². The summed E-state index contributed by atoms with van der Waals surface area (Å²) in [6.07, 6.45) is 43.6. The van der Waals surface area contributed by atoms with Gasteiger partial charge in [0, 0.05) is 18.0 Å². The molecular formula is C48H83N2O4P. The quantitative estimate of drug-likeness (QED) is 0.0469.